The molecule has 0 saturated heterocycles. The molecule has 1 aliphatic heterocycles. The number of rotatable bonds is 0. The Bertz CT molecular complexity index is 97.0. The van der Waals surface area contributed by atoms with Crippen LogP contribution in [0.1, 0.15) is 0 Å². The Labute approximate surface area is 34.7 Å². The number of carbonyl (C=O) groups is 1. The summed E-state index contributed by atoms with van der Waals surface area (Å²) in [5, 5.41) is 2.40. The number of carbonyl (C=O) groups excluding carboxylic acids is 2. The topological polar surface area (TPSA) is 40.4 Å². The van der Waals surface area contributed by atoms with Gasteiger partial charge < -0.3 is 0 Å². The third-order valence-corrected chi connectivity index (χ3v) is 0.520. The van der Waals surface area contributed by atoms with Crippen LogP contribution in [0.4, 0.5) is 4.79 Å². The molecule has 0 fully saturated rings. The molecule has 1 aliphatic rings. The van der Waals surface area contributed by atoms with Crippen molar-refractivity contribution in [2.45, 2.75) is 0 Å². The number of amides is 1. The quantitative estimate of drug-likeness (QED) is 0.311. The Morgan fingerprint density at radius 3 is 3.00 bits per heavy atom. The lowest BCUT2D eigenvalue weighted by atomic mass is 10.8. The summed E-state index contributed by atoms with van der Waals surface area (Å²) in [6.07, 6.45) is 1.07. The van der Waals surface area contributed by atoms with E-state index in [9.17, 15) is 4.79 Å². The van der Waals surface area contributed by atoms with Crippen molar-refractivity contribution >= 4 is 12.4 Å². The highest BCUT2D eigenvalue weighted by atomic mass is 16.5. The van der Waals surface area contributed by atoms with E-state index in [0.29, 0.717) is 6.54 Å². The minimum Gasteiger partial charge on any atom is -0.264 e. The third-order valence-electron chi connectivity index (χ3n) is 0.520. The van der Waals surface area contributed by atoms with Gasteiger partial charge in [0, 0.05) is 0 Å². The standard InChI is InChI=1S/C3H3NO2/c5-3-4-1-2-6-3/h2H,1H2/p+1. The number of nitrogens with one attached hydrogen (secondary N) is 1. The Hall–Kier alpha value is -0.860. The average molecular weight is 86.1 g/mol. The lowest BCUT2D eigenvalue weighted by Gasteiger charge is -1.64. The van der Waals surface area contributed by atoms with Crippen LogP contribution in [0.25, 0.3) is 0 Å². The molecule has 3 heteroatoms. The summed E-state index contributed by atoms with van der Waals surface area (Å²) in [5.41, 5.74) is 0. The van der Waals surface area contributed by atoms with Crippen molar-refractivity contribution in [1.29, 1.82) is 0 Å². The van der Waals surface area contributed by atoms with E-state index < -0.39 is 0 Å². The van der Waals surface area contributed by atoms with Gasteiger partial charge in [0.05, 0.1) is 4.79 Å². The summed E-state index contributed by atoms with van der Waals surface area (Å²) >= 11 is 0. The molecule has 1 amide bonds. The van der Waals surface area contributed by atoms with Crippen LogP contribution >= 0.6 is 0 Å². The highest BCUT2D eigenvalue weighted by Gasteiger charge is 2.15. The molecule has 1 N–H and O–H groups in total. The van der Waals surface area contributed by atoms with Crippen molar-refractivity contribution in [3.05, 3.63) is 0 Å². The van der Waals surface area contributed by atoms with Crippen molar-refractivity contribution in [3.8, 4) is 0 Å². The van der Waals surface area contributed by atoms with E-state index in [1.165, 1.54) is 6.29 Å². The van der Waals surface area contributed by atoms with Gasteiger partial charge in [-0.3, -0.25) is 9.74 Å². The summed E-state index contributed by atoms with van der Waals surface area (Å²) in [7, 11) is 0. The first-order valence-electron chi connectivity index (χ1n) is 1.66. The lowest BCUT2D eigenvalue weighted by Crippen LogP contribution is -2.13. The van der Waals surface area contributed by atoms with Crippen LogP contribution in [0, 0.1) is 0 Å². The van der Waals surface area contributed by atoms with Crippen molar-refractivity contribution in [2.24, 2.45) is 0 Å². The lowest BCUT2D eigenvalue weighted by molar-refractivity contribution is -0.329. The molecule has 0 aromatic heterocycles. The second kappa shape index (κ2) is 1.08. The Kier molecular flexibility index (Phi) is 0.602. The normalized spacial score (nSPS) is 18.3. The zero-order chi connectivity index (χ0) is 4.41. The van der Waals surface area contributed by atoms with Crippen LogP contribution < -0.4 is 5.32 Å². The van der Waals surface area contributed by atoms with E-state index in [1.807, 2.05) is 0 Å². The predicted molar refractivity (Wildman–Crippen MR) is 19.5 cm³/mol. The Morgan fingerprint density at radius 1 is 2.00 bits per heavy atom. The second-order valence-electron chi connectivity index (χ2n) is 0.953. The molecular formula is C3H4NO2+. The minimum absolute atomic E-state index is 0.352. The molecule has 1 heterocycles. The van der Waals surface area contributed by atoms with Gasteiger partial charge >= 0.3 is 6.09 Å². The molecule has 0 spiro atoms. The highest BCUT2D eigenvalue weighted by molar-refractivity contribution is 5.76. The molecule has 0 aromatic carbocycles. The molecule has 1 rings (SSSR count). The predicted octanol–water partition coefficient (Wildman–Crippen LogP) is -0.556. The Balaban J connectivity index is 2.59. The minimum atomic E-state index is -0.352. The van der Waals surface area contributed by atoms with E-state index in [-0.39, 0.29) is 6.09 Å². The van der Waals surface area contributed by atoms with Crippen LogP contribution in [0.2, 0.25) is 0 Å². The second-order valence-corrected chi connectivity index (χ2v) is 0.953. The first-order chi connectivity index (χ1) is 2.89. The summed E-state index contributed by atoms with van der Waals surface area (Å²) in [6.45, 7) is 0.541. The molecule has 0 bridgehead atoms. The molecule has 0 radical (unpaired) electrons. The zero-order valence-electron chi connectivity index (χ0n) is 3.10. The van der Waals surface area contributed by atoms with E-state index >= 15 is 0 Å². The molecule has 3 nitrogen and oxygen atoms in total. The smallest absolute Gasteiger partial charge is 0.264 e. The van der Waals surface area contributed by atoms with E-state index in [1.54, 1.807) is 0 Å². The molecule has 6 heavy (non-hydrogen) atoms. The number of aldehydes is 1. The maximum absolute atomic E-state index is 9.88. The van der Waals surface area contributed by atoms with Gasteiger partial charge in [-0.2, -0.15) is 0 Å². The van der Waals surface area contributed by atoms with E-state index in [4.69, 9.17) is 0 Å². The molecule has 0 aromatic rings. The van der Waals surface area contributed by atoms with Gasteiger partial charge in [-0.15, -0.1) is 0 Å². The van der Waals surface area contributed by atoms with Crippen LogP contribution in [-0.2, 0) is 4.42 Å². The molecule has 32 valence electrons. The summed E-state index contributed by atoms with van der Waals surface area (Å²) < 4.78 is 4.28. The van der Waals surface area contributed by atoms with Gasteiger partial charge in [0.25, 0.3) is 0 Å². The fourth-order valence-electron chi connectivity index (χ4n) is 0.284. The first-order valence-corrected chi connectivity index (χ1v) is 1.66. The van der Waals surface area contributed by atoms with Gasteiger partial charge in [0.15, 0.2) is 0 Å². The van der Waals surface area contributed by atoms with Gasteiger partial charge in [-0.1, -0.05) is 0 Å². The molecule has 0 saturated carbocycles. The van der Waals surface area contributed by atoms with E-state index in [2.05, 4.69) is 9.74 Å². The van der Waals surface area contributed by atoms with Gasteiger partial charge in [0.1, 0.15) is 6.54 Å². The zero-order valence-corrected chi connectivity index (χ0v) is 3.10. The summed E-state index contributed by atoms with van der Waals surface area (Å²) in [6, 6.07) is 0. The summed E-state index contributed by atoms with van der Waals surface area (Å²) in [4.78, 5) is 9.88. The summed E-state index contributed by atoms with van der Waals surface area (Å²) in [5.74, 6) is 0. The fourth-order valence-corrected chi connectivity index (χ4v) is 0.284. The maximum Gasteiger partial charge on any atom is 0.691 e. The third kappa shape index (κ3) is 0.381. The van der Waals surface area contributed by atoms with Crippen molar-refractivity contribution in [3.63, 3.8) is 0 Å². The van der Waals surface area contributed by atoms with Crippen molar-refractivity contribution in [2.75, 3.05) is 6.54 Å². The first kappa shape index (κ1) is 3.33. The highest BCUT2D eigenvalue weighted by Crippen LogP contribution is 1.68. The molecular weight excluding hydrogens is 82.0 g/mol. The molecule has 0 unspecified atom stereocenters. The number of hydrogen-bond acceptors (Lipinski definition) is 1. The average Bonchev–Trinajstić information content (AvgIpc) is 1.86. The van der Waals surface area contributed by atoms with Gasteiger partial charge in [-0.25, -0.2) is 0 Å². The van der Waals surface area contributed by atoms with Crippen molar-refractivity contribution < 1.29 is 9.22 Å². The van der Waals surface area contributed by atoms with Crippen LogP contribution in [0.5, 0.6) is 0 Å². The monoisotopic (exact) mass is 86.0 g/mol. The fraction of sp³-hybridized carbons (Fsp3) is 0.333. The van der Waals surface area contributed by atoms with Gasteiger partial charge in [-0.05, 0) is 0 Å². The number of hydrogen-bond donors (Lipinski definition) is 1. The molecule has 0 aliphatic carbocycles. The largest absolute Gasteiger partial charge is 0.691 e. The van der Waals surface area contributed by atoms with Crippen LogP contribution in [0.15, 0.2) is 0 Å². The van der Waals surface area contributed by atoms with Crippen LogP contribution in [-0.4, -0.2) is 18.9 Å². The van der Waals surface area contributed by atoms with Gasteiger partial charge in [0.2, 0.25) is 6.29 Å². The Morgan fingerprint density at radius 2 is 2.83 bits per heavy atom. The molecule has 0 atom stereocenters. The maximum atomic E-state index is 9.88. The van der Waals surface area contributed by atoms with Crippen LogP contribution in [0.3, 0.4) is 0 Å². The SMILES string of the molecule is O=C1NCC=[O+]1. The van der Waals surface area contributed by atoms with E-state index in [0.717, 1.165) is 0 Å². The van der Waals surface area contributed by atoms with Crippen molar-refractivity contribution in [1.82, 2.24) is 5.32 Å².